The van der Waals surface area contributed by atoms with E-state index in [0.717, 1.165) is 12.8 Å². The fourth-order valence-electron chi connectivity index (χ4n) is 2.86. The molecule has 6 nitrogen and oxygen atoms in total. The van der Waals surface area contributed by atoms with E-state index >= 15 is 0 Å². The first kappa shape index (κ1) is 18.8. The van der Waals surface area contributed by atoms with Gasteiger partial charge < -0.3 is 11.1 Å². The van der Waals surface area contributed by atoms with Gasteiger partial charge in [0.15, 0.2) is 0 Å². The van der Waals surface area contributed by atoms with E-state index in [2.05, 4.69) is 5.32 Å². The number of aryl methyl sites for hydroxylation is 1. The number of rotatable bonds is 6. The van der Waals surface area contributed by atoms with Gasteiger partial charge in [-0.2, -0.15) is 4.31 Å². The van der Waals surface area contributed by atoms with Gasteiger partial charge in [0.1, 0.15) is 5.82 Å². The Hall–Kier alpha value is -1.51. The molecule has 24 heavy (non-hydrogen) atoms. The average molecular weight is 357 g/mol. The molecule has 0 aromatic heterocycles. The first-order chi connectivity index (χ1) is 11.4. The van der Waals surface area contributed by atoms with Gasteiger partial charge in [-0.15, -0.1) is 0 Å². The van der Waals surface area contributed by atoms with Crippen molar-refractivity contribution in [3.8, 4) is 0 Å². The van der Waals surface area contributed by atoms with Crippen LogP contribution in [0.3, 0.4) is 0 Å². The summed E-state index contributed by atoms with van der Waals surface area (Å²) in [7, 11) is -3.72. The zero-order chi connectivity index (χ0) is 17.7. The number of amides is 1. The molecule has 1 unspecified atom stereocenters. The van der Waals surface area contributed by atoms with Crippen LogP contribution in [0.5, 0.6) is 0 Å². The minimum atomic E-state index is -3.72. The molecule has 1 aromatic carbocycles. The number of carbonyl (C=O) groups excluding carboxylic acids is 1. The molecule has 0 radical (unpaired) electrons. The smallest absolute Gasteiger partial charge is 0.243 e. The Morgan fingerprint density at radius 3 is 2.83 bits per heavy atom. The Balaban J connectivity index is 2.18. The van der Waals surface area contributed by atoms with Crippen LogP contribution < -0.4 is 11.1 Å². The topological polar surface area (TPSA) is 92.5 Å². The Labute approximate surface area is 142 Å². The lowest BCUT2D eigenvalue weighted by atomic mass is 10.1. The highest BCUT2D eigenvalue weighted by molar-refractivity contribution is 7.89. The molecule has 1 saturated heterocycles. The van der Waals surface area contributed by atoms with Crippen LogP contribution in [-0.2, 0) is 14.8 Å². The molecule has 0 saturated carbocycles. The maximum atomic E-state index is 13.4. The largest absolute Gasteiger partial charge is 0.354 e. The molecule has 2 rings (SSSR count). The molecule has 1 aromatic rings. The molecule has 1 aliphatic heterocycles. The van der Waals surface area contributed by atoms with Gasteiger partial charge in [-0.25, -0.2) is 12.8 Å². The number of halogens is 1. The van der Waals surface area contributed by atoms with Crippen LogP contribution in [0.1, 0.15) is 31.2 Å². The zero-order valence-corrected chi connectivity index (χ0v) is 14.6. The molecule has 8 heteroatoms. The highest BCUT2D eigenvalue weighted by Gasteiger charge is 2.33. The van der Waals surface area contributed by atoms with Crippen LogP contribution in [0.15, 0.2) is 23.1 Å². The maximum Gasteiger partial charge on any atom is 0.243 e. The molecule has 1 amide bonds. The van der Waals surface area contributed by atoms with Gasteiger partial charge in [-0.05, 0) is 43.5 Å². The summed E-state index contributed by atoms with van der Waals surface area (Å²) in [6, 6.07) is 3.51. The van der Waals surface area contributed by atoms with E-state index in [1.54, 1.807) is 0 Å². The second-order valence-corrected chi connectivity index (χ2v) is 7.91. The summed E-state index contributed by atoms with van der Waals surface area (Å²) in [5.74, 6) is -0.615. The molecular formula is C16H24FN3O3S. The van der Waals surface area contributed by atoms with E-state index in [1.807, 2.05) is 0 Å². The molecule has 1 atom stereocenters. The van der Waals surface area contributed by atoms with Gasteiger partial charge in [0.05, 0.1) is 4.90 Å². The van der Waals surface area contributed by atoms with Crippen molar-refractivity contribution in [2.75, 3.05) is 19.6 Å². The Morgan fingerprint density at radius 2 is 2.17 bits per heavy atom. The molecule has 3 N–H and O–H groups in total. The number of benzene rings is 1. The van der Waals surface area contributed by atoms with Crippen LogP contribution >= 0.6 is 0 Å². The number of piperidine rings is 1. The molecule has 0 bridgehead atoms. The van der Waals surface area contributed by atoms with Crippen LogP contribution in [-0.4, -0.2) is 44.3 Å². The number of nitrogens with one attached hydrogen (secondary N) is 1. The van der Waals surface area contributed by atoms with Crippen LogP contribution in [0, 0.1) is 12.7 Å². The summed E-state index contributed by atoms with van der Waals surface area (Å²) in [5.41, 5.74) is 5.63. The highest BCUT2D eigenvalue weighted by Crippen LogP contribution is 2.26. The molecular weight excluding hydrogens is 333 g/mol. The first-order valence-electron chi connectivity index (χ1n) is 8.11. The fourth-order valence-corrected chi connectivity index (χ4v) is 4.64. The summed E-state index contributed by atoms with van der Waals surface area (Å²) in [6.07, 6.45) is 2.58. The van der Waals surface area contributed by atoms with Crippen molar-refractivity contribution in [1.82, 2.24) is 9.62 Å². The first-order valence-corrected chi connectivity index (χ1v) is 9.55. The number of carbonyl (C=O) groups is 1. The lowest BCUT2D eigenvalue weighted by molar-refractivity contribution is -0.121. The number of nitrogens with two attached hydrogens (primary N) is 1. The highest BCUT2D eigenvalue weighted by atomic mass is 32.2. The molecule has 1 heterocycles. The zero-order valence-electron chi connectivity index (χ0n) is 13.8. The lowest BCUT2D eigenvalue weighted by Gasteiger charge is -2.34. The third-order valence-corrected chi connectivity index (χ3v) is 6.16. The minimum Gasteiger partial charge on any atom is -0.354 e. The Morgan fingerprint density at radius 1 is 1.42 bits per heavy atom. The Bertz CT molecular complexity index is 694. The van der Waals surface area contributed by atoms with E-state index in [9.17, 15) is 17.6 Å². The van der Waals surface area contributed by atoms with Gasteiger partial charge >= 0.3 is 0 Å². The molecule has 0 spiro atoms. The summed E-state index contributed by atoms with van der Waals surface area (Å²) >= 11 is 0. The van der Waals surface area contributed by atoms with Gasteiger partial charge in [0, 0.05) is 32.1 Å². The number of sulfonamides is 1. The Kier molecular flexibility index (Phi) is 6.31. The monoisotopic (exact) mass is 357 g/mol. The van der Waals surface area contributed by atoms with E-state index in [4.69, 9.17) is 5.73 Å². The standard InChI is InChI=1S/C16H24FN3O3S/c1-12-10-14(5-6-15(12)17)24(22,23)20-9-3-2-4-13(20)11-19-16(21)7-8-18/h5-6,10,13H,2-4,7-9,11,18H2,1H3,(H,19,21). The quantitative estimate of drug-likeness (QED) is 0.799. The van der Waals surface area contributed by atoms with Crippen LogP contribution in [0.25, 0.3) is 0 Å². The fraction of sp³-hybridized carbons (Fsp3) is 0.562. The second-order valence-electron chi connectivity index (χ2n) is 6.02. The summed E-state index contributed by atoms with van der Waals surface area (Å²) in [4.78, 5) is 11.7. The minimum absolute atomic E-state index is 0.0848. The van der Waals surface area contributed by atoms with Crippen molar-refractivity contribution >= 4 is 15.9 Å². The summed E-state index contributed by atoms with van der Waals surface area (Å²) in [5, 5.41) is 2.74. The van der Waals surface area contributed by atoms with E-state index in [-0.39, 0.29) is 36.4 Å². The van der Waals surface area contributed by atoms with Crippen molar-refractivity contribution in [3.05, 3.63) is 29.6 Å². The maximum absolute atomic E-state index is 13.4. The van der Waals surface area contributed by atoms with Crippen molar-refractivity contribution < 1.29 is 17.6 Å². The van der Waals surface area contributed by atoms with Gasteiger partial charge in [-0.3, -0.25) is 4.79 Å². The van der Waals surface area contributed by atoms with Crippen LogP contribution in [0.4, 0.5) is 4.39 Å². The van der Waals surface area contributed by atoms with Crippen molar-refractivity contribution in [3.63, 3.8) is 0 Å². The second kappa shape index (κ2) is 8.04. The van der Waals surface area contributed by atoms with Crippen LogP contribution in [0.2, 0.25) is 0 Å². The normalized spacial score (nSPS) is 19.2. The average Bonchev–Trinajstić information content (AvgIpc) is 2.56. The number of nitrogens with zero attached hydrogens (tertiary/aromatic N) is 1. The predicted octanol–water partition coefficient (Wildman–Crippen LogP) is 1.14. The van der Waals surface area contributed by atoms with Crippen molar-refractivity contribution in [2.24, 2.45) is 5.73 Å². The number of hydrogen-bond acceptors (Lipinski definition) is 4. The SMILES string of the molecule is Cc1cc(S(=O)(=O)N2CCCCC2CNC(=O)CCN)ccc1F. The van der Waals surface area contributed by atoms with E-state index < -0.39 is 15.8 Å². The van der Waals surface area contributed by atoms with Gasteiger partial charge in [-0.1, -0.05) is 6.42 Å². The molecule has 1 fully saturated rings. The van der Waals surface area contributed by atoms with E-state index in [0.29, 0.717) is 18.5 Å². The number of hydrogen-bond donors (Lipinski definition) is 2. The predicted molar refractivity (Wildman–Crippen MR) is 89.3 cm³/mol. The third kappa shape index (κ3) is 4.31. The summed E-state index contributed by atoms with van der Waals surface area (Å²) < 4.78 is 40.6. The van der Waals surface area contributed by atoms with Crippen molar-refractivity contribution in [2.45, 2.75) is 43.5 Å². The van der Waals surface area contributed by atoms with Gasteiger partial charge in [0.25, 0.3) is 0 Å². The summed E-state index contributed by atoms with van der Waals surface area (Å²) in [6.45, 7) is 2.46. The third-order valence-electron chi connectivity index (χ3n) is 4.22. The van der Waals surface area contributed by atoms with E-state index in [1.165, 1.54) is 29.4 Å². The van der Waals surface area contributed by atoms with Crippen molar-refractivity contribution in [1.29, 1.82) is 0 Å². The van der Waals surface area contributed by atoms with Gasteiger partial charge in [0.2, 0.25) is 15.9 Å². The molecule has 0 aliphatic carbocycles. The molecule has 1 aliphatic rings. The lowest BCUT2D eigenvalue weighted by Crippen LogP contribution is -2.49. The molecule has 134 valence electrons.